The molecule has 18 heavy (non-hydrogen) atoms. The Bertz CT molecular complexity index is 356. The van der Waals surface area contributed by atoms with Crippen LogP contribution in [-0.4, -0.2) is 36.4 Å². The third kappa shape index (κ3) is 4.34. The maximum absolute atomic E-state index is 11.6. The predicted octanol–water partition coefficient (Wildman–Crippen LogP) is 2.09. The summed E-state index contributed by atoms with van der Waals surface area (Å²) in [7, 11) is 3.19. The highest BCUT2D eigenvalue weighted by Crippen LogP contribution is 2.20. The topological polar surface area (TPSA) is 64.4 Å². The fourth-order valence-corrected chi connectivity index (χ4v) is 2.36. The Morgan fingerprint density at radius 1 is 1.61 bits per heavy atom. The monoisotopic (exact) mass is 272 g/mol. The molecular weight excluding hydrogens is 252 g/mol. The average molecular weight is 272 g/mol. The Hall–Kier alpha value is -1.01. The number of ether oxygens (including phenoxy) is 1. The number of thioether (sulfide) groups is 1. The number of carbonyl (C=O) groups excluding carboxylic acids is 1. The molecule has 6 heteroatoms. The zero-order chi connectivity index (χ0) is 13.4. The van der Waals surface area contributed by atoms with Gasteiger partial charge in [-0.2, -0.15) is 0 Å². The summed E-state index contributed by atoms with van der Waals surface area (Å²) < 4.78 is 9.91. The zero-order valence-electron chi connectivity index (χ0n) is 11.1. The molecule has 1 aromatic rings. The van der Waals surface area contributed by atoms with Crippen LogP contribution >= 0.6 is 11.8 Å². The van der Waals surface area contributed by atoms with Crippen molar-refractivity contribution in [2.45, 2.75) is 36.9 Å². The molecule has 1 atom stereocenters. The van der Waals surface area contributed by atoms with E-state index in [-0.39, 0.29) is 5.97 Å². The summed E-state index contributed by atoms with van der Waals surface area (Å²) in [6.45, 7) is 1.86. The highest BCUT2D eigenvalue weighted by molar-refractivity contribution is 7.99. The first-order valence-corrected chi connectivity index (χ1v) is 6.90. The summed E-state index contributed by atoms with van der Waals surface area (Å²) in [6, 6.07) is 0. The molecule has 0 aliphatic carbocycles. The molecule has 0 aliphatic rings. The number of unbranched alkanes of at least 4 members (excludes halogenated alkanes) is 1. The smallest absolute Gasteiger partial charge is 0.325 e. The Morgan fingerprint density at radius 2 is 2.39 bits per heavy atom. The molecule has 0 saturated heterocycles. The van der Waals surface area contributed by atoms with E-state index in [1.165, 1.54) is 7.11 Å². The van der Waals surface area contributed by atoms with Crippen molar-refractivity contribution in [3.63, 3.8) is 0 Å². The average Bonchev–Trinajstić information content (AvgIpc) is 2.90. The first kappa shape index (κ1) is 15.0. The molecule has 0 aliphatic heterocycles. The Morgan fingerprint density at radius 3 is 2.94 bits per heavy atom. The minimum Gasteiger partial charge on any atom is -0.468 e. The first-order chi connectivity index (χ1) is 8.62. The number of hydrogen-bond acceptors (Lipinski definition) is 6. The number of aromatic nitrogens is 1. The van der Waals surface area contributed by atoms with Crippen molar-refractivity contribution in [2.24, 2.45) is 0 Å². The summed E-state index contributed by atoms with van der Waals surface area (Å²) >= 11 is 1.59. The van der Waals surface area contributed by atoms with Gasteiger partial charge in [0.1, 0.15) is 11.8 Å². The van der Waals surface area contributed by atoms with E-state index < -0.39 is 5.54 Å². The van der Waals surface area contributed by atoms with Gasteiger partial charge < -0.3 is 14.5 Å². The molecule has 102 valence electrons. The lowest BCUT2D eigenvalue weighted by molar-refractivity contribution is -0.148. The van der Waals surface area contributed by atoms with Crippen molar-refractivity contribution in [2.75, 3.05) is 19.9 Å². The van der Waals surface area contributed by atoms with E-state index in [1.54, 1.807) is 31.3 Å². The second-order valence-electron chi connectivity index (χ2n) is 4.18. The summed E-state index contributed by atoms with van der Waals surface area (Å²) in [5.74, 6) is 0.715. The quantitative estimate of drug-likeness (QED) is 0.444. The normalized spacial score (nSPS) is 14.2. The molecule has 0 fully saturated rings. The molecule has 1 heterocycles. The van der Waals surface area contributed by atoms with Crippen molar-refractivity contribution in [3.8, 4) is 0 Å². The van der Waals surface area contributed by atoms with Crippen LogP contribution in [-0.2, 0) is 9.53 Å². The van der Waals surface area contributed by atoms with Gasteiger partial charge in [-0.05, 0) is 26.8 Å². The maximum atomic E-state index is 11.6. The molecule has 0 radical (unpaired) electrons. The van der Waals surface area contributed by atoms with E-state index in [0.717, 1.165) is 25.0 Å². The van der Waals surface area contributed by atoms with Crippen LogP contribution in [0.1, 0.15) is 26.2 Å². The summed E-state index contributed by atoms with van der Waals surface area (Å²) in [4.78, 5) is 15.6. The fourth-order valence-electron chi connectivity index (χ4n) is 1.58. The van der Waals surface area contributed by atoms with Crippen LogP contribution in [0.2, 0.25) is 0 Å². The van der Waals surface area contributed by atoms with Crippen LogP contribution in [0.4, 0.5) is 0 Å². The lowest BCUT2D eigenvalue weighted by Crippen LogP contribution is -2.48. The van der Waals surface area contributed by atoms with Gasteiger partial charge in [0.25, 0.3) is 5.22 Å². The molecular formula is C12H20N2O3S. The fraction of sp³-hybridized carbons (Fsp3) is 0.667. The number of methoxy groups -OCH3 is 1. The third-order valence-corrected chi connectivity index (χ3v) is 3.84. The number of esters is 1. The van der Waals surface area contributed by atoms with E-state index in [2.05, 4.69) is 10.3 Å². The molecule has 1 unspecified atom stereocenters. The Balaban J connectivity index is 2.21. The van der Waals surface area contributed by atoms with Gasteiger partial charge in [-0.3, -0.25) is 4.79 Å². The number of nitrogens with zero attached hydrogens (tertiary/aromatic N) is 1. The van der Waals surface area contributed by atoms with Gasteiger partial charge in [0.2, 0.25) is 0 Å². The van der Waals surface area contributed by atoms with Crippen molar-refractivity contribution >= 4 is 17.7 Å². The largest absolute Gasteiger partial charge is 0.468 e. The van der Waals surface area contributed by atoms with Crippen molar-refractivity contribution in [3.05, 3.63) is 12.5 Å². The van der Waals surface area contributed by atoms with Crippen LogP contribution in [0.25, 0.3) is 0 Å². The lowest BCUT2D eigenvalue weighted by atomic mass is 9.95. The summed E-state index contributed by atoms with van der Waals surface area (Å²) in [6.07, 6.45) is 5.90. The predicted molar refractivity (Wildman–Crippen MR) is 70.6 cm³/mol. The van der Waals surface area contributed by atoms with E-state index in [1.807, 2.05) is 6.92 Å². The summed E-state index contributed by atoms with van der Waals surface area (Å²) in [5.41, 5.74) is -0.595. The molecule has 0 spiro atoms. The highest BCUT2D eigenvalue weighted by Gasteiger charge is 2.31. The second kappa shape index (κ2) is 7.43. The van der Waals surface area contributed by atoms with Crippen LogP contribution in [0.3, 0.4) is 0 Å². The number of hydrogen-bond donors (Lipinski definition) is 1. The standard InChI is InChI=1S/C12H20N2O3S/c1-12(13-2,10(15)16-3)6-4-5-9-18-11-14-7-8-17-11/h7-8,13H,4-6,9H2,1-3H3. The SMILES string of the molecule is CNC(C)(CCCCSc1ncco1)C(=O)OC. The van der Waals surface area contributed by atoms with Gasteiger partial charge in [0.05, 0.1) is 13.3 Å². The zero-order valence-corrected chi connectivity index (χ0v) is 11.9. The first-order valence-electron chi connectivity index (χ1n) is 5.92. The van der Waals surface area contributed by atoms with E-state index in [4.69, 9.17) is 9.15 Å². The molecule has 5 nitrogen and oxygen atoms in total. The Kier molecular flexibility index (Phi) is 6.21. The number of carbonyl (C=O) groups is 1. The second-order valence-corrected chi connectivity index (χ2v) is 5.22. The van der Waals surface area contributed by atoms with Crippen molar-refractivity contribution < 1.29 is 13.9 Å². The number of nitrogens with one attached hydrogen (secondary N) is 1. The molecule has 0 saturated carbocycles. The van der Waals surface area contributed by atoms with E-state index in [9.17, 15) is 4.79 Å². The van der Waals surface area contributed by atoms with E-state index >= 15 is 0 Å². The maximum Gasteiger partial charge on any atom is 0.325 e. The third-order valence-electron chi connectivity index (χ3n) is 2.89. The van der Waals surface area contributed by atoms with Crippen LogP contribution < -0.4 is 5.32 Å². The van der Waals surface area contributed by atoms with Gasteiger partial charge in [0, 0.05) is 5.75 Å². The molecule has 1 rings (SSSR count). The van der Waals surface area contributed by atoms with Crippen LogP contribution in [0.15, 0.2) is 22.1 Å². The van der Waals surface area contributed by atoms with Gasteiger partial charge in [-0.1, -0.05) is 18.2 Å². The van der Waals surface area contributed by atoms with Crippen molar-refractivity contribution in [1.82, 2.24) is 10.3 Å². The minimum atomic E-state index is -0.595. The molecule has 0 aromatic carbocycles. The molecule has 1 N–H and O–H groups in total. The number of oxazole rings is 1. The lowest BCUT2D eigenvalue weighted by Gasteiger charge is -2.25. The van der Waals surface area contributed by atoms with Crippen LogP contribution in [0, 0.1) is 0 Å². The van der Waals surface area contributed by atoms with Gasteiger partial charge >= 0.3 is 5.97 Å². The van der Waals surface area contributed by atoms with Gasteiger partial charge in [-0.15, -0.1) is 0 Å². The number of rotatable bonds is 8. The van der Waals surface area contributed by atoms with E-state index in [0.29, 0.717) is 5.22 Å². The minimum absolute atomic E-state index is 0.217. The summed E-state index contributed by atoms with van der Waals surface area (Å²) in [5, 5.41) is 3.72. The van der Waals surface area contributed by atoms with Gasteiger partial charge in [-0.25, -0.2) is 4.98 Å². The molecule has 0 amide bonds. The molecule has 0 bridgehead atoms. The van der Waals surface area contributed by atoms with Gasteiger partial charge in [0.15, 0.2) is 0 Å². The number of likely N-dealkylation sites (N-methyl/N-ethyl adjacent to an activating group) is 1. The molecule has 1 aromatic heterocycles. The van der Waals surface area contributed by atoms with Crippen molar-refractivity contribution in [1.29, 1.82) is 0 Å². The Labute approximate surface area is 112 Å². The highest BCUT2D eigenvalue weighted by atomic mass is 32.2. The van der Waals surface area contributed by atoms with Crippen LogP contribution in [0.5, 0.6) is 0 Å².